The summed E-state index contributed by atoms with van der Waals surface area (Å²) < 4.78 is 0. The van der Waals surface area contributed by atoms with Crippen LogP contribution >= 0.6 is 11.3 Å². The highest BCUT2D eigenvalue weighted by atomic mass is 32.1. The number of aromatic nitrogens is 1. The Hall–Kier alpha value is -1.55. The van der Waals surface area contributed by atoms with Crippen LogP contribution in [-0.2, 0) is 6.54 Å². The van der Waals surface area contributed by atoms with Crippen LogP contribution in [0.4, 0.5) is 10.8 Å². The number of unbranched alkanes of at least 4 members (excludes halogenated alkanes) is 1. The molecule has 1 heterocycles. The summed E-state index contributed by atoms with van der Waals surface area (Å²) in [5.74, 6) is 0. The van der Waals surface area contributed by atoms with Crippen LogP contribution in [0.1, 0.15) is 24.6 Å². The molecule has 1 aromatic heterocycles. The van der Waals surface area contributed by atoms with Gasteiger partial charge in [-0.15, -0.1) is 11.3 Å². The second kappa shape index (κ2) is 6.40. The lowest BCUT2D eigenvalue weighted by Gasteiger charge is -2.23. The van der Waals surface area contributed by atoms with E-state index in [1.807, 2.05) is 12.3 Å². The minimum Gasteiger partial charge on any atom is -0.375 e. The van der Waals surface area contributed by atoms with Crippen molar-refractivity contribution >= 4 is 22.2 Å². The Morgan fingerprint density at radius 1 is 1.28 bits per heavy atom. The van der Waals surface area contributed by atoms with Gasteiger partial charge in [-0.25, -0.2) is 4.98 Å². The maximum Gasteiger partial charge on any atom is 0.180 e. The van der Waals surface area contributed by atoms with Crippen molar-refractivity contribution in [3.63, 3.8) is 0 Å². The number of para-hydroxylation sites is 1. The normalized spacial score (nSPS) is 10.5. The molecule has 4 heteroatoms. The molecule has 18 heavy (non-hydrogen) atoms. The molecule has 0 saturated heterocycles. The molecule has 0 bridgehead atoms. The van der Waals surface area contributed by atoms with Gasteiger partial charge < -0.3 is 10.6 Å². The molecule has 0 fully saturated rings. The number of rotatable bonds is 6. The van der Waals surface area contributed by atoms with Gasteiger partial charge in [-0.05, 0) is 18.6 Å². The largest absolute Gasteiger partial charge is 0.375 e. The summed E-state index contributed by atoms with van der Waals surface area (Å²) in [5.41, 5.74) is 6.94. The molecule has 96 valence electrons. The zero-order chi connectivity index (χ0) is 12.8. The van der Waals surface area contributed by atoms with E-state index in [1.165, 1.54) is 23.4 Å². The average Bonchev–Trinajstić information content (AvgIpc) is 2.81. The van der Waals surface area contributed by atoms with Crippen LogP contribution in [0.25, 0.3) is 0 Å². The minimum atomic E-state index is 0.647. The highest BCUT2D eigenvalue weighted by Crippen LogP contribution is 2.21. The Morgan fingerprint density at radius 2 is 2.06 bits per heavy atom. The number of thiazole rings is 1. The molecule has 2 N–H and O–H groups in total. The van der Waals surface area contributed by atoms with E-state index < -0.39 is 0 Å². The van der Waals surface area contributed by atoms with E-state index in [0.717, 1.165) is 13.1 Å². The first-order valence-electron chi connectivity index (χ1n) is 6.29. The van der Waals surface area contributed by atoms with Crippen molar-refractivity contribution in [3.05, 3.63) is 41.4 Å². The number of benzene rings is 1. The van der Waals surface area contributed by atoms with Gasteiger partial charge in [0.2, 0.25) is 0 Å². The lowest BCUT2D eigenvalue weighted by Crippen LogP contribution is -2.23. The lowest BCUT2D eigenvalue weighted by atomic mass is 10.2. The molecule has 0 aliphatic carbocycles. The van der Waals surface area contributed by atoms with Crippen LogP contribution in [0, 0.1) is 0 Å². The van der Waals surface area contributed by atoms with Crippen molar-refractivity contribution in [2.45, 2.75) is 26.3 Å². The van der Waals surface area contributed by atoms with Gasteiger partial charge in [0.1, 0.15) is 0 Å². The molecule has 0 radical (unpaired) electrons. The van der Waals surface area contributed by atoms with Gasteiger partial charge in [-0.1, -0.05) is 31.5 Å². The first kappa shape index (κ1) is 12.9. The summed E-state index contributed by atoms with van der Waals surface area (Å²) in [4.78, 5) is 7.71. The van der Waals surface area contributed by atoms with Gasteiger partial charge in [0.15, 0.2) is 5.13 Å². The predicted octanol–water partition coefficient (Wildman–Crippen LogP) is 3.53. The van der Waals surface area contributed by atoms with E-state index in [0.29, 0.717) is 5.13 Å². The van der Waals surface area contributed by atoms with Crippen molar-refractivity contribution in [1.82, 2.24) is 4.98 Å². The topological polar surface area (TPSA) is 42.2 Å². The fourth-order valence-corrected chi connectivity index (χ4v) is 2.57. The quantitative estimate of drug-likeness (QED) is 0.865. The SMILES string of the molecule is CCCCN(Cc1cnc(N)s1)c1ccccc1. The maximum absolute atomic E-state index is 5.68. The molecule has 3 nitrogen and oxygen atoms in total. The zero-order valence-electron chi connectivity index (χ0n) is 10.7. The van der Waals surface area contributed by atoms with E-state index in [-0.39, 0.29) is 0 Å². The first-order chi connectivity index (χ1) is 8.79. The number of nitrogens with two attached hydrogens (primary N) is 1. The number of nitrogen functional groups attached to an aromatic ring is 1. The van der Waals surface area contributed by atoms with Crippen LogP contribution in [0.15, 0.2) is 36.5 Å². The van der Waals surface area contributed by atoms with Crippen molar-refractivity contribution in [3.8, 4) is 0 Å². The van der Waals surface area contributed by atoms with Crippen LogP contribution in [0.2, 0.25) is 0 Å². The Balaban J connectivity index is 2.10. The number of anilines is 2. The molecule has 0 amide bonds. The third kappa shape index (κ3) is 3.47. The first-order valence-corrected chi connectivity index (χ1v) is 7.11. The van der Waals surface area contributed by atoms with E-state index in [4.69, 9.17) is 5.73 Å². The highest BCUT2D eigenvalue weighted by molar-refractivity contribution is 7.15. The lowest BCUT2D eigenvalue weighted by molar-refractivity contribution is 0.719. The summed E-state index contributed by atoms with van der Waals surface area (Å²) in [6.07, 6.45) is 4.28. The van der Waals surface area contributed by atoms with Crippen LogP contribution < -0.4 is 10.6 Å². The van der Waals surface area contributed by atoms with E-state index in [1.54, 1.807) is 11.3 Å². The van der Waals surface area contributed by atoms with Crippen molar-refractivity contribution in [2.75, 3.05) is 17.2 Å². The standard InChI is InChI=1S/C14H19N3S/c1-2-3-9-17(12-7-5-4-6-8-12)11-13-10-16-14(15)18-13/h4-8,10H,2-3,9,11H2,1H3,(H2,15,16). The second-order valence-corrected chi connectivity index (χ2v) is 5.42. The predicted molar refractivity (Wildman–Crippen MR) is 78.9 cm³/mol. The molecule has 0 spiro atoms. The number of hydrogen-bond acceptors (Lipinski definition) is 4. The Bertz CT molecular complexity index is 467. The number of hydrogen-bond donors (Lipinski definition) is 1. The fourth-order valence-electron chi connectivity index (χ4n) is 1.87. The molecular formula is C14H19N3S. The molecule has 2 aromatic rings. The Kier molecular flexibility index (Phi) is 4.59. The summed E-state index contributed by atoms with van der Waals surface area (Å²) in [5, 5.41) is 0.647. The summed E-state index contributed by atoms with van der Waals surface area (Å²) >= 11 is 1.57. The maximum atomic E-state index is 5.68. The molecule has 2 rings (SSSR count). The monoisotopic (exact) mass is 261 g/mol. The molecule has 0 unspecified atom stereocenters. The van der Waals surface area contributed by atoms with Crippen molar-refractivity contribution < 1.29 is 0 Å². The third-order valence-electron chi connectivity index (χ3n) is 2.82. The molecule has 1 aromatic carbocycles. The summed E-state index contributed by atoms with van der Waals surface area (Å²) in [6, 6.07) is 10.5. The van der Waals surface area contributed by atoms with Gasteiger partial charge >= 0.3 is 0 Å². The fraction of sp³-hybridized carbons (Fsp3) is 0.357. The molecular weight excluding hydrogens is 242 g/mol. The number of nitrogens with zero attached hydrogens (tertiary/aromatic N) is 2. The molecule has 0 atom stereocenters. The Morgan fingerprint density at radius 3 is 2.67 bits per heavy atom. The molecule has 0 aliphatic rings. The summed E-state index contributed by atoms with van der Waals surface area (Å²) in [7, 11) is 0. The molecule has 0 saturated carbocycles. The molecule has 0 aliphatic heterocycles. The van der Waals surface area contributed by atoms with Crippen LogP contribution in [0.5, 0.6) is 0 Å². The van der Waals surface area contributed by atoms with Gasteiger partial charge in [-0.2, -0.15) is 0 Å². The van der Waals surface area contributed by atoms with Gasteiger partial charge in [0.05, 0.1) is 6.54 Å². The second-order valence-electron chi connectivity index (χ2n) is 4.28. The van der Waals surface area contributed by atoms with Crippen LogP contribution in [0.3, 0.4) is 0 Å². The minimum absolute atomic E-state index is 0.647. The van der Waals surface area contributed by atoms with Gasteiger partial charge in [-0.3, -0.25) is 0 Å². The van der Waals surface area contributed by atoms with Gasteiger partial charge in [0.25, 0.3) is 0 Å². The van der Waals surface area contributed by atoms with E-state index >= 15 is 0 Å². The third-order valence-corrected chi connectivity index (χ3v) is 3.63. The smallest absolute Gasteiger partial charge is 0.180 e. The zero-order valence-corrected chi connectivity index (χ0v) is 11.5. The van der Waals surface area contributed by atoms with Crippen molar-refractivity contribution in [1.29, 1.82) is 0 Å². The average molecular weight is 261 g/mol. The highest BCUT2D eigenvalue weighted by Gasteiger charge is 2.08. The summed E-state index contributed by atoms with van der Waals surface area (Å²) in [6.45, 7) is 4.17. The van der Waals surface area contributed by atoms with Crippen molar-refractivity contribution in [2.24, 2.45) is 0 Å². The van der Waals surface area contributed by atoms with Crippen LogP contribution in [-0.4, -0.2) is 11.5 Å². The van der Waals surface area contributed by atoms with E-state index in [2.05, 4.69) is 41.1 Å². The van der Waals surface area contributed by atoms with Gasteiger partial charge in [0, 0.05) is 23.3 Å². The Labute approximate surface area is 112 Å². The van der Waals surface area contributed by atoms with E-state index in [9.17, 15) is 0 Å².